The average molecular weight is 261 g/mol. The van der Waals surface area contributed by atoms with Gasteiger partial charge in [-0.15, -0.1) is 0 Å². The maximum atomic E-state index is 11.4. The first-order valence-corrected chi connectivity index (χ1v) is 6.07. The number of aliphatic hydroxyl groups excluding tert-OH is 1. The second kappa shape index (κ2) is 8.88. The molecule has 0 saturated heterocycles. The second-order valence-electron chi connectivity index (χ2n) is 4.32. The summed E-state index contributed by atoms with van der Waals surface area (Å²) in [6.45, 7) is 5.86. The van der Waals surface area contributed by atoms with Crippen LogP contribution in [0.25, 0.3) is 0 Å². The quantitative estimate of drug-likeness (QED) is 0.602. The van der Waals surface area contributed by atoms with E-state index in [2.05, 4.69) is 10.1 Å². The molecule has 2 N–H and O–H groups in total. The number of carbonyl (C=O) groups is 2. The van der Waals surface area contributed by atoms with Gasteiger partial charge in [0.25, 0.3) is 0 Å². The molecule has 0 amide bonds. The first kappa shape index (κ1) is 16.9. The molecule has 6 heteroatoms. The van der Waals surface area contributed by atoms with Crippen molar-refractivity contribution in [1.29, 1.82) is 0 Å². The van der Waals surface area contributed by atoms with Crippen LogP contribution in [0.5, 0.6) is 0 Å². The topological polar surface area (TPSA) is 84.9 Å². The minimum atomic E-state index is -0.880. The summed E-state index contributed by atoms with van der Waals surface area (Å²) in [5, 5.41) is 12.5. The first-order chi connectivity index (χ1) is 8.42. The Kier molecular flexibility index (Phi) is 8.32. The van der Waals surface area contributed by atoms with E-state index in [1.165, 1.54) is 7.11 Å². The summed E-state index contributed by atoms with van der Waals surface area (Å²) in [7, 11) is 1.31. The van der Waals surface area contributed by atoms with E-state index in [9.17, 15) is 14.7 Å². The number of nitrogens with one attached hydrogen (secondary N) is 1. The molecule has 2 atom stereocenters. The number of aliphatic hydroxyl groups is 1. The predicted molar refractivity (Wildman–Crippen MR) is 65.9 cm³/mol. The van der Waals surface area contributed by atoms with E-state index in [-0.39, 0.29) is 31.5 Å². The number of carbonyl (C=O) groups excluding carboxylic acids is 2. The van der Waals surface area contributed by atoms with Gasteiger partial charge in [0, 0.05) is 6.54 Å². The molecule has 0 saturated carbocycles. The van der Waals surface area contributed by atoms with Gasteiger partial charge in [-0.05, 0) is 12.8 Å². The fraction of sp³-hybridized carbons (Fsp3) is 0.833. The molecule has 0 bridgehead atoms. The summed E-state index contributed by atoms with van der Waals surface area (Å²) in [6, 6.07) is -0.494. The monoisotopic (exact) mass is 261 g/mol. The molecule has 106 valence electrons. The summed E-state index contributed by atoms with van der Waals surface area (Å²) in [4.78, 5) is 22.6. The molecule has 0 heterocycles. The van der Waals surface area contributed by atoms with Crippen molar-refractivity contribution in [2.24, 2.45) is 5.92 Å². The third-order valence-electron chi connectivity index (χ3n) is 2.40. The van der Waals surface area contributed by atoms with E-state index in [0.29, 0.717) is 0 Å². The van der Waals surface area contributed by atoms with Gasteiger partial charge in [0.1, 0.15) is 6.04 Å². The number of hydrogen-bond acceptors (Lipinski definition) is 6. The summed E-state index contributed by atoms with van der Waals surface area (Å²) >= 11 is 0. The lowest BCUT2D eigenvalue weighted by Gasteiger charge is -2.21. The zero-order valence-electron chi connectivity index (χ0n) is 11.4. The molecular formula is C12H23NO5. The van der Waals surface area contributed by atoms with Crippen molar-refractivity contribution in [1.82, 2.24) is 5.32 Å². The van der Waals surface area contributed by atoms with E-state index in [0.717, 1.165) is 0 Å². The van der Waals surface area contributed by atoms with E-state index in [1.54, 1.807) is 6.92 Å². The maximum absolute atomic E-state index is 11.4. The molecule has 0 radical (unpaired) electrons. The Morgan fingerprint density at radius 3 is 2.39 bits per heavy atom. The third kappa shape index (κ3) is 6.56. The highest BCUT2D eigenvalue weighted by Crippen LogP contribution is 2.04. The lowest BCUT2D eigenvalue weighted by Crippen LogP contribution is -2.45. The van der Waals surface area contributed by atoms with E-state index >= 15 is 0 Å². The molecular weight excluding hydrogens is 238 g/mol. The lowest BCUT2D eigenvalue weighted by atomic mass is 10.0. The van der Waals surface area contributed by atoms with E-state index in [1.807, 2.05) is 13.8 Å². The smallest absolute Gasteiger partial charge is 0.323 e. The fourth-order valence-electron chi connectivity index (χ4n) is 1.47. The van der Waals surface area contributed by atoms with Gasteiger partial charge in [0.15, 0.2) is 0 Å². The van der Waals surface area contributed by atoms with Crippen molar-refractivity contribution in [3.05, 3.63) is 0 Å². The molecule has 2 unspecified atom stereocenters. The Hall–Kier alpha value is -1.14. The van der Waals surface area contributed by atoms with Crippen molar-refractivity contribution < 1.29 is 24.2 Å². The Morgan fingerprint density at radius 2 is 1.94 bits per heavy atom. The van der Waals surface area contributed by atoms with Crippen LogP contribution in [0, 0.1) is 5.92 Å². The maximum Gasteiger partial charge on any atom is 0.323 e. The van der Waals surface area contributed by atoms with Gasteiger partial charge in [0.05, 0.1) is 26.2 Å². The van der Waals surface area contributed by atoms with Crippen LogP contribution < -0.4 is 5.32 Å². The number of methoxy groups -OCH3 is 1. The van der Waals surface area contributed by atoms with Crippen LogP contribution in [0.1, 0.15) is 27.2 Å². The van der Waals surface area contributed by atoms with Crippen LogP contribution in [0.15, 0.2) is 0 Å². The Labute approximate surface area is 108 Å². The summed E-state index contributed by atoms with van der Waals surface area (Å²) in [6.07, 6.45) is -0.970. The Bertz CT molecular complexity index is 267. The normalized spacial score (nSPS) is 14.1. The molecule has 18 heavy (non-hydrogen) atoms. The highest BCUT2D eigenvalue weighted by molar-refractivity contribution is 5.76. The van der Waals surface area contributed by atoms with Crippen LogP contribution in [-0.4, -0.2) is 49.5 Å². The highest BCUT2D eigenvalue weighted by Gasteiger charge is 2.23. The molecule has 0 aliphatic rings. The minimum absolute atomic E-state index is 0.0345. The Balaban J connectivity index is 4.11. The summed E-state index contributed by atoms with van der Waals surface area (Å²) < 4.78 is 9.37. The SMILES string of the molecule is CCOC(=O)CC(O)CNC(C(=O)OC)C(C)C. The molecule has 0 aliphatic carbocycles. The average Bonchev–Trinajstić information content (AvgIpc) is 2.28. The van der Waals surface area contributed by atoms with Crippen molar-refractivity contribution in [2.75, 3.05) is 20.3 Å². The van der Waals surface area contributed by atoms with Gasteiger partial charge >= 0.3 is 11.9 Å². The van der Waals surface area contributed by atoms with Gasteiger partial charge in [-0.3, -0.25) is 9.59 Å². The largest absolute Gasteiger partial charge is 0.468 e. The van der Waals surface area contributed by atoms with Crippen LogP contribution in [-0.2, 0) is 19.1 Å². The third-order valence-corrected chi connectivity index (χ3v) is 2.40. The van der Waals surface area contributed by atoms with Gasteiger partial charge < -0.3 is 19.9 Å². The van der Waals surface area contributed by atoms with E-state index < -0.39 is 18.1 Å². The van der Waals surface area contributed by atoms with Gasteiger partial charge in [-0.2, -0.15) is 0 Å². The zero-order chi connectivity index (χ0) is 14.1. The minimum Gasteiger partial charge on any atom is -0.468 e. The second-order valence-corrected chi connectivity index (χ2v) is 4.32. The highest BCUT2D eigenvalue weighted by atomic mass is 16.5. The van der Waals surface area contributed by atoms with Gasteiger partial charge in [-0.1, -0.05) is 13.8 Å². The van der Waals surface area contributed by atoms with Crippen molar-refractivity contribution in [2.45, 2.75) is 39.3 Å². The zero-order valence-corrected chi connectivity index (χ0v) is 11.4. The summed E-state index contributed by atoms with van der Waals surface area (Å²) in [5.41, 5.74) is 0. The van der Waals surface area contributed by atoms with Gasteiger partial charge in [0.2, 0.25) is 0 Å². The van der Waals surface area contributed by atoms with Crippen molar-refractivity contribution >= 4 is 11.9 Å². The number of rotatable bonds is 8. The van der Waals surface area contributed by atoms with Crippen LogP contribution >= 0.6 is 0 Å². The first-order valence-electron chi connectivity index (χ1n) is 6.07. The Morgan fingerprint density at radius 1 is 1.33 bits per heavy atom. The van der Waals surface area contributed by atoms with Crippen LogP contribution in [0.4, 0.5) is 0 Å². The lowest BCUT2D eigenvalue weighted by molar-refractivity contribution is -0.145. The standard InChI is InChI=1S/C12H23NO5/c1-5-18-10(15)6-9(14)7-13-11(8(2)3)12(16)17-4/h8-9,11,13-14H,5-7H2,1-4H3. The van der Waals surface area contributed by atoms with Crippen LogP contribution in [0.2, 0.25) is 0 Å². The van der Waals surface area contributed by atoms with Crippen molar-refractivity contribution in [3.8, 4) is 0 Å². The molecule has 0 aromatic heterocycles. The van der Waals surface area contributed by atoms with Crippen molar-refractivity contribution in [3.63, 3.8) is 0 Å². The molecule has 6 nitrogen and oxygen atoms in total. The van der Waals surface area contributed by atoms with E-state index in [4.69, 9.17) is 4.74 Å². The number of ether oxygens (including phenoxy) is 2. The molecule has 0 rings (SSSR count). The molecule has 0 spiro atoms. The molecule has 0 aromatic rings. The van der Waals surface area contributed by atoms with Crippen LogP contribution in [0.3, 0.4) is 0 Å². The summed E-state index contributed by atoms with van der Waals surface area (Å²) in [5.74, 6) is -0.799. The molecule has 0 aliphatic heterocycles. The number of hydrogen-bond donors (Lipinski definition) is 2. The van der Waals surface area contributed by atoms with Gasteiger partial charge in [-0.25, -0.2) is 0 Å². The predicted octanol–water partition coefficient (Wildman–Crippen LogP) is 0.0877. The fourth-order valence-corrected chi connectivity index (χ4v) is 1.47. The molecule has 0 fully saturated rings. The number of esters is 2. The molecule has 0 aromatic carbocycles.